The second-order valence-corrected chi connectivity index (χ2v) is 11.1. The first kappa shape index (κ1) is 29.7. The predicted octanol–water partition coefficient (Wildman–Crippen LogP) is 5.56. The van der Waals surface area contributed by atoms with E-state index in [2.05, 4.69) is 36.1 Å². The molecule has 218 valence electrons. The van der Waals surface area contributed by atoms with Crippen molar-refractivity contribution in [3.05, 3.63) is 48.0 Å². The van der Waals surface area contributed by atoms with Crippen LogP contribution in [0.5, 0.6) is 5.75 Å². The number of fused-ring (bicyclic) bond motifs is 1. The Labute approximate surface area is 235 Å². The predicted molar refractivity (Wildman–Crippen MR) is 145 cm³/mol. The van der Waals surface area contributed by atoms with Crippen molar-refractivity contribution < 1.29 is 31.9 Å². The molecular weight excluding hydrogens is 568 g/mol. The number of rotatable bonds is 8. The van der Waals surface area contributed by atoms with E-state index in [1.165, 1.54) is 18.5 Å². The molecule has 11 nitrogen and oxygen atoms in total. The third kappa shape index (κ3) is 7.67. The van der Waals surface area contributed by atoms with Crippen LogP contribution in [-0.4, -0.2) is 64.4 Å². The number of benzene rings is 1. The van der Waals surface area contributed by atoms with Crippen LogP contribution < -0.4 is 20.7 Å². The number of halogens is 4. The Hall–Kier alpha value is -4.31. The third-order valence-electron chi connectivity index (χ3n) is 5.56. The van der Waals surface area contributed by atoms with Crippen molar-refractivity contribution in [2.24, 2.45) is 5.41 Å². The lowest BCUT2D eigenvalue weighted by Gasteiger charge is -2.28. The topological polar surface area (TPSA) is 137 Å². The molecule has 0 unspecified atom stereocenters. The number of nitrogens with zero attached hydrogens (tertiary/aromatic N) is 4. The van der Waals surface area contributed by atoms with E-state index in [-0.39, 0.29) is 16.3 Å². The minimum absolute atomic E-state index is 0.0553. The van der Waals surface area contributed by atoms with E-state index in [9.17, 15) is 27.2 Å². The number of hydrogen-bond acceptors (Lipinski definition) is 8. The van der Waals surface area contributed by atoms with Gasteiger partial charge in [-0.15, -0.1) is 0 Å². The van der Waals surface area contributed by atoms with E-state index in [0.717, 1.165) is 17.9 Å². The fraction of sp³-hybridized carbons (Fsp3) is 0.320. The highest BCUT2D eigenvalue weighted by atomic mass is 32.1. The number of ether oxygens (including phenoxy) is 1. The number of carbonyl (C=O) groups excluding carboxylic acids is 2. The molecule has 0 aliphatic heterocycles. The first-order valence-electron chi connectivity index (χ1n) is 12.1. The normalized spacial score (nSPS) is 12.0. The molecule has 0 atom stereocenters. The van der Waals surface area contributed by atoms with Crippen LogP contribution in [0.4, 0.5) is 38.0 Å². The highest BCUT2D eigenvalue weighted by Crippen LogP contribution is 2.34. The number of anilines is 2. The van der Waals surface area contributed by atoms with Crippen LogP contribution in [-0.2, 0) is 6.18 Å². The van der Waals surface area contributed by atoms with Gasteiger partial charge in [-0.1, -0.05) is 25.2 Å². The Balaban J connectivity index is 1.47. The summed E-state index contributed by atoms with van der Waals surface area (Å²) in [5.41, 5.74) is -1.30. The van der Waals surface area contributed by atoms with Crippen molar-refractivity contribution in [2.45, 2.75) is 20.0 Å². The summed E-state index contributed by atoms with van der Waals surface area (Å²) in [6.45, 7) is 5.13. The van der Waals surface area contributed by atoms with Crippen LogP contribution in [0.25, 0.3) is 21.6 Å². The molecule has 16 heteroatoms. The zero-order valence-electron chi connectivity index (χ0n) is 22.3. The Morgan fingerprint density at radius 3 is 2.59 bits per heavy atom. The first-order chi connectivity index (χ1) is 19.2. The maximum atomic E-state index is 14.0. The summed E-state index contributed by atoms with van der Waals surface area (Å²) in [5.74, 6) is -0.856. The molecule has 0 radical (unpaired) electrons. The molecule has 3 aromatic heterocycles. The van der Waals surface area contributed by atoms with Crippen LogP contribution in [0, 0.1) is 11.2 Å². The highest BCUT2D eigenvalue weighted by Gasteiger charge is 2.31. The van der Waals surface area contributed by atoms with Crippen molar-refractivity contribution in [1.29, 1.82) is 0 Å². The second kappa shape index (κ2) is 11.7. The highest BCUT2D eigenvalue weighted by molar-refractivity contribution is 7.19. The monoisotopic (exact) mass is 594 g/mol. The van der Waals surface area contributed by atoms with Crippen molar-refractivity contribution in [3.8, 4) is 16.3 Å². The number of aromatic amines is 1. The van der Waals surface area contributed by atoms with Gasteiger partial charge in [0.1, 0.15) is 11.6 Å². The van der Waals surface area contributed by atoms with Gasteiger partial charge in [-0.05, 0) is 37.7 Å². The van der Waals surface area contributed by atoms with Gasteiger partial charge in [0.25, 0.3) is 0 Å². The van der Waals surface area contributed by atoms with E-state index >= 15 is 0 Å². The third-order valence-corrected chi connectivity index (χ3v) is 6.50. The molecule has 0 bridgehead atoms. The molecule has 1 aromatic carbocycles. The smallest absolute Gasteiger partial charge is 0.409 e. The van der Waals surface area contributed by atoms with Gasteiger partial charge in [0.05, 0.1) is 33.4 Å². The van der Waals surface area contributed by atoms with Crippen LogP contribution in [0.1, 0.15) is 19.4 Å². The maximum absolute atomic E-state index is 14.0. The Kier molecular flexibility index (Phi) is 8.44. The fourth-order valence-electron chi connectivity index (χ4n) is 3.97. The number of carbonyl (C=O) groups is 2. The molecule has 0 aliphatic rings. The van der Waals surface area contributed by atoms with Gasteiger partial charge >= 0.3 is 18.3 Å². The van der Waals surface area contributed by atoms with Crippen LogP contribution in [0.15, 0.2) is 36.7 Å². The summed E-state index contributed by atoms with van der Waals surface area (Å²) in [5, 5.41) is 14.3. The number of urea groups is 1. The van der Waals surface area contributed by atoms with E-state index in [4.69, 9.17) is 4.74 Å². The maximum Gasteiger partial charge on any atom is 0.416 e. The summed E-state index contributed by atoms with van der Waals surface area (Å²) in [6.07, 6.45) is -2.52. The van der Waals surface area contributed by atoms with Gasteiger partial charge in [-0.3, -0.25) is 10.4 Å². The summed E-state index contributed by atoms with van der Waals surface area (Å²) >= 11 is 0.980. The van der Waals surface area contributed by atoms with Crippen molar-refractivity contribution in [3.63, 3.8) is 0 Å². The number of thiazole rings is 1. The summed E-state index contributed by atoms with van der Waals surface area (Å²) in [7, 11) is 3.88. The Bertz CT molecular complexity index is 1570. The van der Waals surface area contributed by atoms with Crippen molar-refractivity contribution >= 4 is 45.3 Å². The average Bonchev–Trinajstić information content (AvgIpc) is 3.52. The average molecular weight is 595 g/mol. The van der Waals surface area contributed by atoms with E-state index in [1.54, 1.807) is 0 Å². The summed E-state index contributed by atoms with van der Waals surface area (Å²) in [4.78, 5) is 35.9. The molecule has 4 N–H and O–H groups in total. The minimum Gasteiger partial charge on any atom is -0.409 e. The Morgan fingerprint density at radius 1 is 1.12 bits per heavy atom. The fourth-order valence-corrected chi connectivity index (χ4v) is 4.74. The molecule has 0 aliphatic carbocycles. The van der Waals surface area contributed by atoms with E-state index in [0.29, 0.717) is 46.3 Å². The second-order valence-electron chi connectivity index (χ2n) is 10.1. The number of H-pyrrole nitrogens is 1. The number of nitrogens with one attached hydrogen (secondary N) is 4. The van der Waals surface area contributed by atoms with Crippen molar-refractivity contribution in [2.75, 3.05) is 37.8 Å². The number of amides is 3. The van der Waals surface area contributed by atoms with Crippen LogP contribution >= 0.6 is 11.3 Å². The zero-order valence-corrected chi connectivity index (χ0v) is 23.1. The molecule has 0 saturated heterocycles. The quantitative estimate of drug-likeness (QED) is 0.196. The lowest BCUT2D eigenvalue weighted by atomic mass is 9.93. The molecule has 4 rings (SSSR count). The van der Waals surface area contributed by atoms with Gasteiger partial charge in [0.2, 0.25) is 0 Å². The molecule has 0 spiro atoms. The van der Waals surface area contributed by atoms with Crippen LogP contribution in [0.3, 0.4) is 0 Å². The van der Waals surface area contributed by atoms with Gasteiger partial charge in [0.15, 0.2) is 10.8 Å². The lowest BCUT2D eigenvalue weighted by Crippen LogP contribution is -2.40. The largest absolute Gasteiger partial charge is 0.416 e. The first-order valence-corrected chi connectivity index (χ1v) is 12.9. The minimum atomic E-state index is -4.71. The molecule has 3 heterocycles. The van der Waals surface area contributed by atoms with Gasteiger partial charge in [-0.25, -0.2) is 23.9 Å². The van der Waals surface area contributed by atoms with Gasteiger partial charge in [-0.2, -0.15) is 18.3 Å². The summed E-state index contributed by atoms with van der Waals surface area (Å²) in [6, 6.07) is 2.19. The van der Waals surface area contributed by atoms with Crippen LogP contribution in [0.2, 0.25) is 0 Å². The van der Waals surface area contributed by atoms with Gasteiger partial charge < -0.3 is 20.3 Å². The molecule has 0 saturated carbocycles. The lowest BCUT2D eigenvalue weighted by molar-refractivity contribution is -0.137. The molecular formula is C25H26F4N8O3S. The SMILES string of the molecule is CN(C)CC(C)(C)CNC(=O)Oc1cc(-c2cnc(NC(=O)Nc3cc(C(F)(F)F)ccc3F)s2)nc2[nH]ncc12. The zero-order chi connectivity index (χ0) is 29.9. The molecule has 0 fully saturated rings. The number of alkyl halides is 3. The van der Waals surface area contributed by atoms with Crippen molar-refractivity contribution in [1.82, 2.24) is 30.4 Å². The number of pyridine rings is 1. The van der Waals surface area contributed by atoms with E-state index in [1.807, 2.05) is 32.8 Å². The number of hydrogen-bond donors (Lipinski definition) is 4. The molecule has 41 heavy (non-hydrogen) atoms. The summed E-state index contributed by atoms with van der Waals surface area (Å²) < 4.78 is 58.4. The molecule has 4 aromatic rings. The molecule has 3 amide bonds. The van der Waals surface area contributed by atoms with E-state index < -0.39 is 35.4 Å². The number of aromatic nitrogens is 4. The Morgan fingerprint density at radius 2 is 1.88 bits per heavy atom. The standard InChI is InChI=1S/C25H26F4N8O3S/c1-24(2,12-37(3)4)11-31-23(39)40-18-8-17(33-20-14(18)9-32-36-20)19-10-30-22(41-19)35-21(38)34-16-7-13(25(27,28)29)5-6-15(16)26/h5-10H,11-12H2,1-4H3,(H,31,39)(H,32,33,36)(H2,30,34,35,38). The van der Waals surface area contributed by atoms with Gasteiger partial charge in [0, 0.05) is 25.4 Å².